The van der Waals surface area contributed by atoms with E-state index in [-0.39, 0.29) is 6.42 Å². The van der Waals surface area contributed by atoms with Gasteiger partial charge < -0.3 is 40.3 Å². The summed E-state index contributed by atoms with van der Waals surface area (Å²) in [4.78, 5) is 13.0. The lowest BCUT2D eigenvalue weighted by atomic mass is 9.99. The van der Waals surface area contributed by atoms with Crippen molar-refractivity contribution in [2.24, 2.45) is 0 Å². The molecule has 0 aromatic carbocycles. The Labute approximate surface area is 320 Å². The maximum Gasteiger partial charge on any atom is 0.397 e. The van der Waals surface area contributed by atoms with E-state index in [0.717, 1.165) is 51.4 Å². The number of unbranched alkanes of at least 4 members (excludes halogenated alkanes) is 19. The summed E-state index contributed by atoms with van der Waals surface area (Å²) in [6, 6.07) is -1.03. The number of rotatable bonds is 34. The molecule has 13 nitrogen and oxygen atoms in total. The molecule has 0 spiro atoms. The van der Waals surface area contributed by atoms with E-state index in [1.807, 2.05) is 0 Å². The Bertz CT molecular complexity index is 1030. The molecule has 7 N–H and O–H groups in total. The lowest BCUT2D eigenvalue weighted by Gasteiger charge is -2.41. The maximum atomic E-state index is 13.0. The second-order valence-corrected chi connectivity index (χ2v) is 15.8. The summed E-state index contributed by atoms with van der Waals surface area (Å²) in [7, 11) is -5.10. The van der Waals surface area contributed by atoms with E-state index in [9.17, 15) is 38.7 Å². The summed E-state index contributed by atoms with van der Waals surface area (Å²) in [6.07, 6.45) is 18.4. The van der Waals surface area contributed by atoms with Gasteiger partial charge in [-0.2, -0.15) is 8.42 Å². The second-order valence-electron chi connectivity index (χ2n) is 14.7. The van der Waals surface area contributed by atoms with E-state index in [1.165, 1.54) is 77.0 Å². The van der Waals surface area contributed by atoms with Crippen LogP contribution in [0.5, 0.6) is 0 Å². The highest BCUT2D eigenvalue weighted by Crippen LogP contribution is 2.26. The van der Waals surface area contributed by atoms with Crippen LogP contribution in [0.2, 0.25) is 0 Å². The van der Waals surface area contributed by atoms with E-state index >= 15 is 0 Å². The zero-order valence-corrected chi connectivity index (χ0v) is 33.5. The minimum absolute atomic E-state index is 0.246. The first-order chi connectivity index (χ1) is 25.4. The number of amides is 1. The normalized spacial score (nSPS) is 22.6. The van der Waals surface area contributed by atoms with Gasteiger partial charge in [0.15, 0.2) is 6.29 Å². The number of carbonyl (C=O) groups is 1. The average Bonchev–Trinajstić information content (AvgIpc) is 3.12. The fraction of sp³-hybridized carbons (Fsp3) is 0.923. The molecule has 8 unspecified atom stereocenters. The predicted octanol–water partition coefficient (Wildman–Crippen LogP) is 5.80. The molecule has 8 atom stereocenters. The van der Waals surface area contributed by atoms with Gasteiger partial charge in [0.2, 0.25) is 5.91 Å². The molecule has 314 valence electrons. The monoisotopic (exact) mass is 782 g/mol. The van der Waals surface area contributed by atoms with Gasteiger partial charge in [0.05, 0.1) is 25.4 Å². The molecule has 0 aromatic rings. The number of allylic oxidation sites excluding steroid dienone is 2. The Morgan fingerprint density at radius 3 is 1.74 bits per heavy atom. The summed E-state index contributed by atoms with van der Waals surface area (Å²) in [5.41, 5.74) is 0. The van der Waals surface area contributed by atoms with Gasteiger partial charge in [0, 0.05) is 0 Å². The van der Waals surface area contributed by atoms with Crippen molar-refractivity contribution in [2.45, 2.75) is 217 Å². The van der Waals surface area contributed by atoms with Crippen LogP contribution in [-0.2, 0) is 28.9 Å². The SMILES string of the molecule is CCCCC/C=C\CCCCCCC(O)C(=O)NC(COC1OC(CO)C(O)C(OS(=O)(=O)O)C1O)C(O)CCCCCCCCCCCCCCC. The van der Waals surface area contributed by atoms with Crippen molar-refractivity contribution < 1.29 is 57.0 Å². The Hall–Kier alpha value is -1.20. The molecule has 1 aliphatic heterocycles. The molecule has 1 amide bonds. The van der Waals surface area contributed by atoms with Gasteiger partial charge in [-0.05, 0) is 38.5 Å². The van der Waals surface area contributed by atoms with Gasteiger partial charge in [-0.1, -0.05) is 142 Å². The molecule has 0 aliphatic carbocycles. The van der Waals surface area contributed by atoms with Crippen molar-refractivity contribution in [3.05, 3.63) is 12.2 Å². The fourth-order valence-electron chi connectivity index (χ4n) is 6.58. The molecule has 0 bridgehead atoms. The van der Waals surface area contributed by atoms with E-state index in [4.69, 9.17) is 14.0 Å². The molecular formula is C39H75NO12S. The van der Waals surface area contributed by atoms with E-state index in [1.54, 1.807) is 0 Å². The molecule has 0 aromatic heterocycles. The molecule has 53 heavy (non-hydrogen) atoms. The smallest absolute Gasteiger partial charge is 0.394 e. The van der Waals surface area contributed by atoms with Gasteiger partial charge in [0.25, 0.3) is 0 Å². The molecule has 1 aliphatic rings. The minimum Gasteiger partial charge on any atom is -0.394 e. The van der Waals surface area contributed by atoms with Crippen LogP contribution in [0.15, 0.2) is 12.2 Å². The molecule has 1 rings (SSSR count). The van der Waals surface area contributed by atoms with Crippen molar-refractivity contribution in [3.63, 3.8) is 0 Å². The van der Waals surface area contributed by atoms with Crippen LogP contribution in [0, 0.1) is 0 Å². The third kappa shape index (κ3) is 24.1. The highest BCUT2D eigenvalue weighted by atomic mass is 32.3. The standard InChI is InChI=1S/C39H75NO12S/c1-3-5-7-9-11-13-15-16-18-19-21-23-25-27-32(42)31(30-50-39-36(45)37(52-53(47,48)49)35(44)34(29-41)51-39)40-38(46)33(43)28-26-24-22-20-17-14-12-10-8-6-4-2/h12,14,31-37,39,41-45H,3-11,13,15-30H2,1-2H3,(H,40,46)(H,47,48,49)/b14-12-. The molecule has 1 fully saturated rings. The van der Waals surface area contributed by atoms with Crippen molar-refractivity contribution in [2.75, 3.05) is 13.2 Å². The van der Waals surface area contributed by atoms with Crippen molar-refractivity contribution in [1.82, 2.24) is 5.32 Å². The van der Waals surface area contributed by atoms with Gasteiger partial charge in [-0.25, -0.2) is 4.18 Å². The Morgan fingerprint density at radius 2 is 1.21 bits per heavy atom. The first kappa shape index (κ1) is 49.8. The summed E-state index contributed by atoms with van der Waals surface area (Å²) in [5, 5.41) is 55.1. The summed E-state index contributed by atoms with van der Waals surface area (Å²) >= 11 is 0. The van der Waals surface area contributed by atoms with Crippen LogP contribution >= 0.6 is 0 Å². The third-order valence-electron chi connectivity index (χ3n) is 9.93. The Kier molecular flexibility index (Phi) is 29.1. The maximum absolute atomic E-state index is 13.0. The lowest BCUT2D eigenvalue weighted by molar-refractivity contribution is -0.298. The molecule has 1 heterocycles. The Morgan fingerprint density at radius 1 is 0.736 bits per heavy atom. The van der Waals surface area contributed by atoms with Gasteiger partial charge >= 0.3 is 10.4 Å². The average molecular weight is 782 g/mol. The highest BCUT2D eigenvalue weighted by molar-refractivity contribution is 7.80. The molecule has 14 heteroatoms. The minimum atomic E-state index is -5.10. The van der Waals surface area contributed by atoms with Crippen LogP contribution in [0.3, 0.4) is 0 Å². The van der Waals surface area contributed by atoms with Crippen molar-refractivity contribution in [3.8, 4) is 0 Å². The number of hydrogen-bond donors (Lipinski definition) is 7. The zero-order valence-electron chi connectivity index (χ0n) is 32.7. The number of aliphatic hydroxyl groups is 5. The predicted molar refractivity (Wildman–Crippen MR) is 205 cm³/mol. The van der Waals surface area contributed by atoms with E-state index in [2.05, 4.69) is 35.5 Å². The summed E-state index contributed by atoms with van der Waals surface area (Å²) in [6.45, 7) is 3.21. The van der Waals surface area contributed by atoms with Crippen LogP contribution in [-0.4, -0.2) is 107 Å². The van der Waals surface area contributed by atoms with Crippen LogP contribution in [0.25, 0.3) is 0 Å². The summed E-state index contributed by atoms with van der Waals surface area (Å²) < 4.78 is 47.4. The van der Waals surface area contributed by atoms with Crippen molar-refractivity contribution in [1.29, 1.82) is 0 Å². The molecular weight excluding hydrogens is 706 g/mol. The largest absolute Gasteiger partial charge is 0.397 e. The van der Waals surface area contributed by atoms with Gasteiger partial charge in [0.1, 0.15) is 30.5 Å². The zero-order chi connectivity index (χ0) is 39.3. The van der Waals surface area contributed by atoms with Crippen molar-refractivity contribution >= 4 is 16.3 Å². The number of hydrogen-bond acceptors (Lipinski definition) is 11. The number of aliphatic hydroxyl groups excluding tert-OH is 5. The molecule has 1 saturated heterocycles. The van der Waals surface area contributed by atoms with Crippen LogP contribution in [0.4, 0.5) is 0 Å². The first-order valence-corrected chi connectivity index (χ1v) is 22.0. The number of ether oxygens (including phenoxy) is 2. The quantitative estimate of drug-likeness (QED) is 0.0235. The van der Waals surface area contributed by atoms with E-state index < -0.39 is 78.5 Å². The number of nitrogens with one attached hydrogen (secondary N) is 1. The second kappa shape index (κ2) is 31.0. The number of carbonyl (C=O) groups excluding carboxylic acids is 1. The summed E-state index contributed by atoms with van der Waals surface area (Å²) in [5.74, 6) is -0.681. The van der Waals surface area contributed by atoms with Crippen LogP contribution < -0.4 is 5.32 Å². The highest BCUT2D eigenvalue weighted by Gasteiger charge is 2.48. The third-order valence-corrected chi connectivity index (χ3v) is 10.4. The molecule has 0 radical (unpaired) electrons. The topological polar surface area (TPSA) is 212 Å². The van der Waals surface area contributed by atoms with Gasteiger partial charge in [-0.3, -0.25) is 9.35 Å². The van der Waals surface area contributed by atoms with E-state index in [0.29, 0.717) is 19.3 Å². The fourth-order valence-corrected chi connectivity index (χ4v) is 7.08. The lowest BCUT2D eigenvalue weighted by Crippen LogP contribution is -2.61. The van der Waals surface area contributed by atoms with Gasteiger partial charge in [-0.15, -0.1) is 0 Å². The van der Waals surface area contributed by atoms with Crippen LogP contribution in [0.1, 0.15) is 168 Å². The Balaban J connectivity index is 2.65. The molecule has 0 saturated carbocycles. The first-order valence-electron chi connectivity index (χ1n) is 20.7.